The summed E-state index contributed by atoms with van der Waals surface area (Å²) in [6, 6.07) is 5.66. The van der Waals surface area contributed by atoms with Crippen molar-refractivity contribution in [3.63, 3.8) is 0 Å². The lowest BCUT2D eigenvalue weighted by molar-refractivity contribution is -0.172. The fraction of sp³-hybridized carbons (Fsp3) is 0.589. The van der Waals surface area contributed by atoms with Crippen LogP contribution in [0.1, 0.15) is 61.3 Å². The number of pyridine rings is 2. The molecular weight excluding hydrogens is 1090 g/mol. The largest absolute Gasteiger partial charge is 0.458 e. The molecule has 3 aliphatic rings. The first-order valence-corrected chi connectivity index (χ1v) is 27.8. The zero-order valence-corrected chi connectivity index (χ0v) is 47.7. The number of carbonyl (C=O) groups excluding carboxylic acids is 7. The molecule has 27 nitrogen and oxygen atoms in total. The van der Waals surface area contributed by atoms with E-state index in [1.54, 1.807) is 32.2 Å². The van der Waals surface area contributed by atoms with Gasteiger partial charge in [0.25, 0.3) is 17.4 Å². The molecule has 83 heavy (non-hydrogen) atoms. The minimum absolute atomic E-state index is 0.00199. The third-order valence-electron chi connectivity index (χ3n) is 13.4. The van der Waals surface area contributed by atoms with Gasteiger partial charge in [-0.3, -0.25) is 33.7 Å². The first kappa shape index (κ1) is 65.4. The smallest absolute Gasteiger partial charge is 0.412 e. The number of carbonyl (C=O) groups is 7. The maximum absolute atomic E-state index is 13.7. The summed E-state index contributed by atoms with van der Waals surface area (Å²) in [7, 11) is 5.32. The summed E-state index contributed by atoms with van der Waals surface area (Å²) in [5, 5.41) is 22.6. The first-order chi connectivity index (χ1) is 40.1. The number of rotatable bonds is 40. The Labute approximate surface area is 480 Å². The van der Waals surface area contributed by atoms with Gasteiger partial charge >= 0.3 is 12.1 Å². The maximum Gasteiger partial charge on any atom is 0.412 e. The molecule has 0 saturated heterocycles. The molecule has 5 N–H and O–H groups in total. The lowest BCUT2D eigenvalue weighted by atomic mass is 9.86. The molecule has 0 aliphatic carbocycles. The quantitative estimate of drug-likeness (QED) is 0.0226. The molecule has 2 atom stereocenters. The normalized spacial score (nSPS) is 15.5. The van der Waals surface area contributed by atoms with Crippen molar-refractivity contribution in [3.05, 3.63) is 69.0 Å². The molecule has 0 bridgehead atoms. The number of methoxy groups -OCH3 is 1. The van der Waals surface area contributed by atoms with Crippen LogP contribution in [0.15, 0.2) is 41.2 Å². The molecule has 1 aromatic carbocycles. The number of aliphatic hydroxyl groups is 1. The summed E-state index contributed by atoms with van der Waals surface area (Å²) in [6.07, 6.45) is 1.29. The molecule has 3 aromatic rings. The Kier molecular flexibility index (Phi) is 26.9. The van der Waals surface area contributed by atoms with Crippen LogP contribution in [0.25, 0.3) is 22.3 Å². The Morgan fingerprint density at radius 3 is 1.93 bits per heavy atom. The topological polar surface area (TPSA) is 322 Å². The van der Waals surface area contributed by atoms with Gasteiger partial charge in [0.15, 0.2) is 5.60 Å². The van der Waals surface area contributed by atoms with Crippen molar-refractivity contribution < 1.29 is 86.0 Å². The average Bonchev–Trinajstić information content (AvgIpc) is 4.17. The highest BCUT2D eigenvalue weighted by Crippen LogP contribution is 2.40. The van der Waals surface area contributed by atoms with Crippen LogP contribution in [0.4, 0.5) is 4.79 Å². The molecular formula is C56H78N8O19. The van der Waals surface area contributed by atoms with Crippen molar-refractivity contribution >= 4 is 52.5 Å². The maximum atomic E-state index is 13.7. The van der Waals surface area contributed by atoms with Gasteiger partial charge in [-0.05, 0) is 57.6 Å². The Morgan fingerprint density at radius 1 is 0.747 bits per heavy atom. The zero-order chi connectivity index (χ0) is 59.6. The van der Waals surface area contributed by atoms with Gasteiger partial charge < -0.3 is 83.2 Å². The number of imide groups is 1. The van der Waals surface area contributed by atoms with E-state index < -0.39 is 58.8 Å². The van der Waals surface area contributed by atoms with Crippen LogP contribution in [-0.4, -0.2) is 219 Å². The number of hydrogen-bond donors (Lipinski definition) is 5. The molecule has 1 unspecified atom stereocenters. The van der Waals surface area contributed by atoms with Gasteiger partial charge in [0.05, 0.1) is 128 Å². The Bertz CT molecular complexity index is 2770. The predicted octanol–water partition coefficient (Wildman–Crippen LogP) is 0.195. The molecule has 456 valence electrons. The summed E-state index contributed by atoms with van der Waals surface area (Å²) in [5.74, 6) is -3.09. The number of hydrogen-bond acceptors (Lipinski definition) is 21. The lowest BCUT2D eigenvalue weighted by Crippen LogP contribution is -2.49. The van der Waals surface area contributed by atoms with Crippen LogP contribution in [0.3, 0.4) is 0 Å². The van der Waals surface area contributed by atoms with E-state index in [1.807, 2.05) is 25.1 Å². The van der Waals surface area contributed by atoms with Crippen LogP contribution in [0, 0.1) is 0 Å². The van der Waals surface area contributed by atoms with Crippen molar-refractivity contribution in [1.82, 2.24) is 40.6 Å². The molecule has 0 spiro atoms. The van der Waals surface area contributed by atoms with Crippen LogP contribution >= 0.6 is 0 Å². The minimum Gasteiger partial charge on any atom is -0.458 e. The van der Waals surface area contributed by atoms with Gasteiger partial charge in [-0.15, -0.1) is 0 Å². The number of fused-ring (bicyclic) bond motifs is 5. The highest BCUT2D eigenvalue weighted by atomic mass is 16.6. The van der Waals surface area contributed by atoms with Gasteiger partial charge in [-0.25, -0.2) is 14.6 Å². The van der Waals surface area contributed by atoms with Crippen molar-refractivity contribution in [2.75, 3.05) is 146 Å². The molecule has 0 fully saturated rings. The minimum atomic E-state index is -1.97. The monoisotopic (exact) mass is 1170 g/mol. The summed E-state index contributed by atoms with van der Waals surface area (Å²) in [4.78, 5) is 111. The first-order valence-electron chi connectivity index (χ1n) is 27.8. The molecule has 6 amide bonds. The van der Waals surface area contributed by atoms with Crippen molar-refractivity contribution in [2.45, 2.75) is 70.4 Å². The van der Waals surface area contributed by atoms with Crippen LogP contribution in [0.2, 0.25) is 0 Å². The summed E-state index contributed by atoms with van der Waals surface area (Å²) in [5.41, 5.74) is 0.913. The number of nitrogens with zero attached hydrogens (tertiary/aromatic N) is 4. The molecule has 0 saturated carbocycles. The van der Waals surface area contributed by atoms with E-state index in [9.17, 15) is 43.5 Å². The van der Waals surface area contributed by atoms with Gasteiger partial charge in [-0.1, -0.05) is 6.92 Å². The number of nitrogens with one attached hydrogen (secondary N) is 4. The summed E-state index contributed by atoms with van der Waals surface area (Å²) < 4.78 is 55.7. The number of ether oxygens (including phenoxy) is 10. The predicted molar refractivity (Wildman–Crippen MR) is 296 cm³/mol. The van der Waals surface area contributed by atoms with Gasteiger partial charge in [-0.2, -0.15) is 0 Å². The molecule has 6 rings (SSSR count). The van der Waals surface area contributed by atoms with Crippen LogP contribution < -0.4 is 31.6 Å². The summed E-state index contributed by atoms with van der Waals surface area (Å²) >= 11 is 0. The van der Waals surface area contributed by atoms with Crippen LogP contribution in [-0.2, 0) is 96.7 Å². The fourth-order valence-corrected chi connectivity index (χ4v) is 9.05. The van der Waals surface area contributed by atoms with E-state index in [4.69, 9.17) is 52.4 Å². The molecule has 27 heteroatoms. The van der Waals surface area contributed by atoms with Crippen molar-refractivity contribution in [3.8, 4) is 17.1 Å². The van der Waals surface area contributed by atoms with Crippen molar-refractivity contribution in [2.24, 2.45) is 0 Å². The van der Waals surface area contributed by atoms with E-state index in [0.717, 1.165) is 17.1 Å². The second-order valence-corrected chi connectivity index (χ2v) is 19.6. The number of aromatic nitrogens is 2. The Hall–Kier alpha value is -6.79. The van der Waals surface area contributed by atoms with E-state index in [2.05, 4.69) is 21.3 Å². The van der Waals surface area contributed by atoms with Gasteiger partial charge in [0.1, 0.15) is 18.4 Å². The third-order valence-corrected chi connectivity index (χ3v) is 13.4. The molecule has 3 aliphatic heterocycles. The zero-order valence-electron chi connectivity index (χ0n) is 47.7. The van der Waals surface area contributed by atoms with E-state index >= 15 is 0 Å². The Morgan fingerprint density at radius 2 is 1.34 bits per heavy atom. The number of cyclic esters (lactones) is 1. The standard InChI is InChI=1S/C56H78N8O19/c1-5-56(73)42-34-45-51-38(35-64(45)53(70)41(42)37-82-54(56)71)33-39-40(36-62(2)3)46(10-8-43(39)61-51)83-55(72)59-15-14-58-52(69)44(60-48(66)7-6-17-63-49(67)12-13-50(63)68)9-11-47(65)57-16-18-75-21-22-77-25-26-79-29-30-81-32-31-80-28-27-78-24-23-76-20-19-74-4/h8,10,12-13,33-34,44,73H,5-7,9,11,14-32,35-37H2,1-4H3,(H,57,65)(H,58,69)(H,59,72)(H,60,66)/t44-,56?/m0/s1. The molecule has 5 heterocycles. The average molecular weight is 1170 g/mol. The van der Waals surface area contributed by atoms with E-state index in [0.29, 0.717) is 126 Å². The SMILES string of the molecule is CCC1(O)C(=O)OCc2c1cc1n(c2=O)Cc2cc3c(CN(C)C)c(OC(=O)NCCNC(=O)[C@H](CCC(=O)NCCOCCOCCOCCOCCOCCOCCOCCOC)NC(=O)CCCN4C(=O)C=CC4=O)ccc3nc2-1. The lowest BCUT2D eigenvalue weighted by Gasteiger charge is -2.31. The fourth-order valence-electron chi connectivity index (χ4n) is 9.05. The Balaban J connectivity index is 0.898. The summed E-state index contributed by atoms with van der Waals surface area (Å²) in [6.45, 7) is 8.18. The third kappa shape index (κ3) is 19.7. The number of esters is 1. The van der Waals surface area contributed by atoms with Gasteiger partial charge in [0.2, 0.25) is 17.7 Å². The van der Waals surface area contributed by atoms with E-state index in [1.165, 1.54) is 4.57 Å². The van der Waals surface area contributed by atoms with E-state index in [-0.39, 0.29) is 102 Å². The number of amides is 6. The highest BCUT2D eigenvalue weighted by Gasteiger charge is 2.45. The highest BCUT2D eigenvalue weighted by molar-refractivity contribution is 6.12. The van der Waals surface area contributed by atoms with Crippen molar-refractivity contribution in [1.29, 1.82) is 0 Å². The van der Waals surface area contributed by atoms with Gasteiger partial charge in [0, 0.05) is 86.9 Å². The second-order valence-electron chi connectivity index (χ2n) is 19.6. The second kappa shape index (κ2) is 34.1. The number of benzene rings is 1. The molecule has 2 aromatic heterocycles. The van der Waals surface area contributed by atoms with Crippen LogP contribution in [0.5, 0.6) is 5.75 Å². The molecule has 0 radical (unpaired) electrons.